The van der Waals surface area contributed by atoms with E-state index in [0.29, 0.717) is 5.92 Å². The van der Waals surface area contributed by atoms with Gasteiger partial charge in [0.1, 0.15) is 5.75 Å². The maximum Gasteiger partial charge on any atom is 0.125 e. The molecule has 0 saturated carbocycles. The molecule has 1 aromatic heterocycles. The largest absolute Gasteiger partial charge is 0.496 e. The molecule has 3 rings (SSSR count). The van der Waals surface area contributed by atoms with Crippen LogP contribution in [0.4, 0.5) is 0 Å². The fourth-order valence-electron chi connectivity index (χ4n) is 3.85. The summed E-state index contributed by atoms with van der Waals surface area (Å²) >= 11 is 0. The van der Waals surface area contributed by atoms with Crippen LogP contribution < -0.4 is 4.74 Å². The lowest BCUT2D eigenvalue weighted by Gasteiger charge is -2.14. The topological polar surface area (TPSA) is 22.1 Å². The molecule has 1 heterocycles. The van der Waals surface area contributed by atoms with E-state index in [1.165, 1.54) is 33.4 Å². The Morgan fingerprint density at radius 1 is 0.889 bits per heavy atom. The van der Waals surface area contributed by atoms with Gasteiger partial charge in [-0.25, -0.2) is 0 Å². The molecule has 2 nitrogen and oxygen atoms in total. The number of benzene rings is 2. The maximum atomic E-state index is 5.60. The molecule has 0 bridgehead atoms. The van der Waals surface area contributed by atoms with Gasteiger partial charge < -0.3 is 4.74 Å². The second kappa shape index (κ2) is 7.96. The van der Waals surface area contributed by atoms with E-state index in [2.05, 4.69) is 82.1 Å². The SMILES string of the molecule is COc1cc(-c2ccc(-c3c(C)cc(C)cc3C)cc2)ncc1CC(C)C. The zero-order chi connectivity index (χ0) is 19.6. The number of hydrogen-bond donors (Lipinski definition) is 0. The molecule has 0 saturated heterocycles. The highest BCUT2D eigenvalue weighted by Crippen LogP contribution is 2.31. The first-order chi connectivity index (χ1) is 12.9. The summed E-state index contributed by atoms with van der Waals surface area (Å²) in [7, 11) is 1.73. The van der Waals surface area contributed by atoms with Crippen molar-refractivity contribution >= 4 is 0 Å². The zero-order valence-electron chi connectivity index (χ0n) is 17.3. The molecule has 0 aliphatic heterocycles. The van der Waals surface area contributed by atoms with E-state index in [9.17, 15) is 0 Å². The second-order valence-electron chi connectivity index (χ2n) is 7.83. The first kappa shape index (κ1) is 19.2. The minimum atomic E-state index is 0.576. The van der Waals surface area contributed by atoms with Crippen LogP contribution >= 0.6 is 0 Å². The smallest absolute Gasteiger partial charge is 0.125 e. The Bertz CT molecular complexity index is 916. The maximum absolute atomic E-state index is 5.60. The van der Waals surface area contributed by atoms with Crippen molar-refractivity contribution in [2.24, 2.45) is 5.92 Å². The monoisotopic (exact) mass is 359 g/mol. The van der Waals surface area contributed by atoms with Crippen molar-refractivity contribution in [3.63, 3.8) is 0 Å². The lowest BCUT2D eigenvalue weighted by atomic mass is 9.93. The molecule has 0 amide bonds. The van der Waals surface area contributed by atoms with Gasteiger partial charge in [-0.05, 0) is 55.4 Å². The Balaban J connectivity index is 1.94. The third-order valence-corrected chi connectivity index (χ3v) is 4.94. The molecule has 3 aromatic rings. The van der Waals surface area contributed by atoms with Crippen LogP contribution in [0.1, 0.15) is 36.1 Å². The Morgan fingerprint density at radius 2 is 1.48 bits per heavy atom. The van der Waals surface area contributed by atoms with Crippen LogP contribution in [0.5, 0.6) is 5.75 Å². The van der Waals surface area contributed by atoms with Crippen LogP contribution in [0, 0.1) is 26.7 Å². The second-order valence-corrected chi connectivity index (χ2v) is 7.83. The summed E-state index contributed by atoms with van der Waals surface area (Å²) in [6.45, 7) is 10.9. The van der Waals surface area contributed by atoms with Gasteiger partial charge in [0.05, 0.1) is 12.8 Å². The normalized spacial score (nSPS) is 11.1. The molecule has 2 heteroatoms. The molecule has 140 valence electrons. The van der Waals surface area contributed by atoms with Crippen molar-refractivity contribution in [3.05, 3.63) is 70.9 Å². The summed E-state index contributed by atoms with van der Waals surface area (Å²) in [6, 6.07) is 15.2. The molecule has 0 aliphatic rings. The first-order valence-electron chi connectivity index (χ1n) is 9.60. The Kier molecular flexibility index (Phi) is 5.65. The zero-order valence-corrected chi connectivity index (χ0v) is 17.3. The van der Waals surface area contributed by atoms with E-state index in [-0.39, 0.29) is 0 Å². The fraction of sp³-hybridized carbons (Fsp3) is 0.320. The van der Waals surface area contributed by atoms with E-state index < -0.39 is 0 Å². The predicted molar refractivity (Wildman–Crippen MR) is 114 cm³/mol. The van der Waals surface area contributed by atoms with E-state index in [1.807, 2.05) is 6.20 Å². The molecule has 27 heavy (non-hydrogen) atoms. The number of methoxy groups -OCH3 is 1. The van der Waals surface area contributed by atoms with Gasteiger partial charge in [0, 0.05) is 23.4 Å². The molecular formula is C25H29NO. The molecule has 0 unspecified atom stereocenters. The van der Waals surface area contributed by atoms with E-state index in [0.717, 1.165) is 23.4 Å². The summed E-state index contributed by atoms with van der Waals surface area (Å²) in [5.41, 5.74) is 9.74. The number of aromatic nitrogens is 1. The van der Waals surface area contributed by atoms with Crippen LogP contribution in [0.15, 0.2) is 48.7 Å². The van der Waals surface area contributed by atoms with Crippen LogP contribution in [0.2, 0.25) is 0 Å². The van der Waals surface area contributed by atoms with Crippen LogP contribution in [0.3, 0.4) is 0 Å². The van der Waals surface area contributed by atoms with Crippen molar-refractivity contribution < 1.29 is 4.74 Å². The van der Waals surface area contributed by atoms with Gasteiger partial charge in [0.2, 0.25) is 0 Å². The lowest BCUT2D eigenvalue weighted by molar-refractivity contribution is 0.406. The average Bonchev–Trinajstić information content (AvgIpc) is 2.61. The van der Waals surface area contributed by atoms with Crippen molar-refractivity contribution in [2.45, 2.75) is 41.0 Å². The van der Waals surface area contributed by atoms with Gasteiger partial charge in [0.25, 0.3) is 0 Å². The van der Waals surface area contributed by atoms with Crippen LogP contribution in [-0.2, 0) is 6.42 Å². The molecule has 0 spiro atoms. The summed E-state index contributed by atoms with van der Waals surface area (Å²) in [5.74, 6) is 1.50. The van der Waals surface area contributed by atoms with Gasteiger partial charge >= 0.3 is 0 Å². The van der Waals surface area contributed by atoms with Crippen LogP contribution in [-0.4, -0.2) is 12.1 Å². The minimum absolute atomic E-state index is 0.576. The fourth-order valence-corrected chi connectivity index (χ4v) is 3.85. The first-order valence-corrected chi connectivity index (χ1v) is 9.60. The van der Waals surface area contributed by atoms with Crippen molar-refractivity contribution in [1.29, 1.82) is 0 Å². The standard InChI is InChI=1S/C25H29NO/c1-16(2)11-22-15-26-23(14-24(22)27-6)20-7-9-21(10-8-20)25-18(4)12-17(3)13-19(25)5/h7-10,12-16H,11H2,1-6H3. The van der Waals surface area contributed by atoms with Gasteiger partial charge in [-0.15, -0.1) is 0 Å². The van der Waals surface area contributed by atoms with Gasteiger partial charge in [0.15, 0.2) is 0 Å². The van der Waals surface area contributed by atoms with Gasteiger partial charge in [-0.1, -0.05) is 55.8 Å². The summed E-state index contributed by atoms with van der Waals surface area (Å²) in [6.07, 6.45) is 2.93. The summed E-state index contributed by atoms with van der Waals surface area (Å²) in [5, 5.41) is 0. The number of aryl methyl sites for hydroxylation is 3. The van der Waals surface area contributed by atoms with Crippen molar-refractivity contribution in [3.8, 4) is 28.1 Å². The predicted octanol–water partition coefficient (Wildman–Crippen LogP) is 6.55. The molecule has 0 N–H and O–H groups in total. The highest BCUT2D eigenvalue weighted by atomic mass is 16.5. The third-order valence-electron chi connectivity index (χ3n) is 4.94. The third kappa shape index (κ3) is 4.21. The Labute approximate surface area is 163 Å². The Morgan fingerprint density at radius 3 is 2.04 bits per heavy atom. The number of hydrogen-bond acceptors (Lipinski definition) is 2. The van der Waals surface area contributed by atoms with E-state index in [4.69, 9.17) is 4.74 Å². The Hall–Kier alpha value is -2.61. The van der Waals surface area contributed by atoms with Crippen LogP contribution in [0.25, 0.3) is 22.4 Å². The molecule has 0 aliphatic carbocycles. The number of nitrogens with zero attached hydrogens (tertiary/aromatic N) is 1. The highest BCUT2D eigenvalue weighted by Gasteiger charge is 2.11. The molecule has 0 radical (unpaired) electrons. The average molecular weight is 360 g/mol. The molecule has 0 atom stereocenters. The van der Waals surface area contributed by atoms with E-state index >= 15 is 0 Å². The van der Waals surface area contributed by atoms with Crippen molar-refractivity contribution in [2.75, 3.05) is 7.11 Å². The summed E-state index contributed by atoms with van der Waals surface area (Å²) < 4.78 is 5.60. The number of ether oxygens (including phenoxy) is 1. The number of pyridine rings is 1. The number of rotatable bonds is 5. The lowest BCUT2D eigenvalue weighted by Crippen LogP contribution is -1.99. The minimum Gasteiger partial charge on any atom is -0.496 e. The van der Waals surface area contributed by atoms with Crippen molar-refractivity contribution in [1.82, 2.24) is 4.98 Å². The summed E-state index contributed by atoms with van der Waals surface area (Å²) in [4.78, 5) is 4.68. The highest BCUT2D eigenvalue weighted by molar-refractivity contribution is 5.74. The molecule has 2 aromatic carbocycles. The molecular weight excluding hydrogens is 330 g/mol. The van der Waals surface area contributed by atoms with Gasteiger partial charge in [-0.3, -0.25) is 4.98 Å². The van der Waals surface area contributed by atoms with Gasteiger partial charge in [-0.2, -0.15) is 0 Å². The quantitative estimate of drug-likeness (QED) is 0.515. The van der Waals surface area contributed by atoms with E-state index in [1.54, 1.807) is 7.11 Å². The molecule has 0 fully saturated rings.